The Morgan fingerprint density at radius 2 is 2.13 bits per heavy atom. The second-order valence-corrected chi connectivity index (χ2v) is 5.13. The Hall–Kier alpha value is -0.150. The zero-order valence-corrected chi connectivity index (χ0v) is 10.3. The molecule has 0 bridgehead atoms. The molecule has 0 saturated carbocycles. The van der Waals surface area contributed by atoms with Gasteiger partial charge < -0.3 is 10.2 Å². The van der Waals surface area contributed by atoms with Crippen molar-refractivity contribution in [3.8, 4) is 0 Å². The van der Waals surface area contributed by atoms with E-state index in [-0.39, 0.29) is 6.67 Å². The van der Waals surface area contributed by atoms with Gasteiger partial charge in [0.15, 0.2) is 0 Å². The number of nitrogens with one attached hydrogen (secondary N) is 1. The van der Waals surface area contributed by atoms with Crippen LogP contribution < -0.4 is 5.32 Å². The molecular formula is C12H25FN2. The van der Waals surface area contributed by atoms with E-state index in [2.05, 4.69) is 24.1 Å². The molecule has 0 aromatic rings. The lowest BCUT2D eigenvalue weighted by molar-refractivity contribution is 0.279. The summed E-state index contributed by atoms with van der Waals surface area (Å²) in [5.41, 5.74) is 0. The molecule has 0 aliphatic carbocycles. The molecule has 1 aliphatic heterocycles. The van der Waals surface area contributed by atoms with Crippen LogP contribution in [0.4, 0.5) is 4.39 Å². The van der Waals surface area contributed by atoms with Crippen LogP contribution in [0.3, 0.4) is 0 Å². The Balaban J connectivity index is 2.13. The maximum atomic E-state index is 12.1. The van der Waals surface area contributed by atoms with E-state index in [0.29, 0.717) is 12.6 Å². The molecule has 0 amide bonds. The van der Waals surface area contributed by atoms with Gasteiger partial charge in [-0.25, -0.2) is 4.39 Å². The Morgan fingerprint density at radius 3 is 2.67 bits per heavy atom. The van der Waals surface area contributed by atoms with Gasteiger partial charge in [0.05, 0.1) is 0 Å². The summed E-state index contributed by atoms with van der Waals surface area (Å²) in [6.07, 6.45) is 2.45. The van der Waals surface area contributed by atoms with Crippen molar-refractivity contribution >= 4 is 0 Å². The van der Waals surface area contributed by atoms with Crippen molar-refractivity contribution < 1.29 is 4.39 Å². The largest absolute Gasteiger partial charge is 0.314 e. The third kappa shape index (κ3) is 4.47. The fourth-order valence-corrected chi connectivity index (χ4v) is 2.21. The Bertz CT molecular complexity index is 173. The number of rotatable bonds is 6. The lowest BCUT2D eigenvalue weighted by Crippen LogP contribution is -2.29. The third-order valence-electron chi connectivity index (χ3n) is 3.52. The molecule has 1 N–H and O–H groups in total. The third-order valence-corrected chi connectivity index (χ3v) is 3.52. The molecule has 1 aliphatic rings. The number of nitrogens with zero attached hydrogens (tertiary/aromatic N) is 1. The van der Waals surface area contributed by atoms with Gasteiger partial charge in [-0.2, -0.15) is 0 Å². The summed E-state index contributed by atoms with van der Waals surface area (Å²) >= 11 is 0. The number of hydrogen-bond donors (Lipinski definition) is 1. The Morgan fingerprint density at radius 1 is 1.40 bits per heavy atom. The van der Waals surface area contributed by atoms with E-state index in [4.69, 9.17) is 0 Å². The molecule has 3 heteroatoms. The van der Waals surface area contributed by atoms with Gasteiger partial charge in [-0.1, -0.05) is 13.8 Å². The summed E-state index contributed by atoms with van der Waals surface area (Å²) in [5.74, 6) is 1.62. The second kappa shape index (κ2) is 6.44. The Kier molecular flexibility index (Phi) is 5.54. The normalized spacial score (nSPS) is 26.8. The highest BCUT2D eigenvalue weighted by Gasteiger charge is 2.25. The van der Waals surface area contributed by atoms with Crippen LogP contribution in [0.1, 0.15) is 26.7 Å². The molecule has 1 saturated heterocycles. The average Bonchev–Trinajstić information content (AvgIpc) is 2.63. The number of alkyl halides is 1. The predicted molar refractivity (Wildman–Crippen MR) is 62.8 cm³/mol. The van der Waals surface area contributed by atoms with Crippen molar-refractivity contribution in [3.63, 3.8) is 0 Å². The zero-order valence-electron chi connectivity index (χ0n) is 10.3. The van der Waals surface area contributed by atoms with E-state index in [9.17, 15) is 4.39 Å². The predicted octanol–water partition coefficient (Wildman–Crippen LogP) is 1.91. The fourth-order valence-electron chi connectivity index (χ4n) is 2.21. The summed E-state index contributed by atoms with van der Waals surface area (Å²) in [6, 6.07) is 0.652. The smallest absolute Gasteiger partial charge is 0.102 e. The minimum Gasteiger partial charge on any atom is -0.314 e. The van der Waals surface area contributed by atoms with Crippen molar-refractivity contribution in [2.75, 3.05) is 33.4 Å². The first-order chi connectivity index (χ1) is 7.13. The van der Waals surface area contributed by atoms with E-state index in [1.54, 1.807) is 0 Å². The minimum atomic E-state index is -0.233. The second-order valence-electron chi connectivity index (χ2n) is 5.13. The molecule has 1 rings (SSSR count). The van der Waals surface area contributed by atoms with E-state index in [1.165, 1.54) is 6.42 Å². The standard InChI is InChI=1S/C12H25FN2/c1-10(2)11-8-12(14-9-11)4-6-15(3)7-5-13/h10-12,14H,4-9H2,1-3H3. The maximum Gasteiger partial charge on any atom is 0.102 e. The molecule has 0 aromatic carbocycles. The molecule has 0 spiro atoms. The topological polar surface area (TPSA) is 15.3 Å². The molecule has 1 heterocycles. The first kappa shape index (κ1) is 12.9. The van der Waals surface area contributed by atoms with Crippen LogP contribution in [-0.4, -0.2) is 44.3 Å². The van der Waals surface area contributed by atoms with Gasteiger partial charge in [0.1, 0.15) is 6.67 Å². The molecule has 2 nitrogen and oxygen atoms in total. The quantitative estimate of drug-likeness (QED) is 0.729. The van der Waals surface area contributed by atoms with E-state index in [1.807, 2.05) is 7.05 Å². The molecule has 15 heavy (non-hydrogen) atoms. The molecule has 0 aromatic heterocycles. The van der Waals surface area contributed by atoms with Crippen LogP contribution in [0.5, 0.6) is 0 Å². The minimum absolute atomic E-state index is 0.233. The van der Waals surface area contributed by atoms with Crippen molar-refractivity contribution in [2.24, 2.45) is 11.8 Å². The lowest BCUT2D eigenvalue weighted by Gasteiger charge is -2.18. The van der Waals surface area contributed by atoms with E-state index >= 15 is 0 Å². The van der Waals surface area contributed by atoms with Gasteiger partial charge in [0, 0.05) is 12.6 Å². The van der Waals surface area contributed by atoms with Crippen molar-refractivity contribution in [2.45, 2.75) is 32.7 Å². The van der Waals surface area contributed by atoms with Crippen LogP contribution in [0, 0.1) is 11.8 Å². The monoisotopic (exact) mass is 216 g/mol. The zero-order chi connectivity index (χ0) is 11.3. The highest BCUT2D eigenvalue weighted by molar-refractivity contribution is 4.83. The number of hydrogen-bond acceptors (Lipinski definition) is 2. The van der Waals surface area contributed by atoms with Crippen LogP contribution in [0.2, 0.25) is 0 Å². The van der Waals surface area contributed by atoms with Crippen LogP contribution in [0.25, 0.3) is 0 Å². The fraction of sp³-hybridized carbons (Fsp3) is 1.00. The molecular weight excluding hydrogens is 191 g/mol. The van der Waals surface area contributed by atoms with Crippen molar-refractivity contribution in [3.05, 3.63) is 0 Å². The highest BCUT2D eigenvalue weighted by Crippen LogP contribution is 2.23. The first-order valence-electron chi connectivity index (χ1n) is 6.11. The summed E-state index contributed by atoms with van der Waals surface area (Å²) < 4.78 is 12.1. The van der Waals surface area contributed by atoms with Gasteiger partial charge in [0.25, 0.3) is 0 Å². The molecule has 2 atom stereocenters. The molecule has 90 valence electrons. The maximum absolute atomic E-state index is 12.1. The van der Waals surface area contributed by atoms with Gasteiger partial charge in [-0.15, -0.1) is 0 Å². The first-order valence-corrected chi connectivity index (χ1v) is 6.11. The van der Waals surface area contributed by atoms with Gasteiger partial charge >= 0.3 is 0 Å². The number of halogens is 1. The van der Waals surface area contributed by atoms with Gasteiger partial charge in [-0.05, 0) is 44.8 Å². The summed E-state index contributed by atoms with van der Waals surface area (Å²) in [4.78, 5) is 2.07. The highest BCUT2D eigenvalue weighted by atomic mass is 19.1. The van der Waals surface area contributed by atoms with E-state index in [0.717, 1.165) is 31.3 Å². The summed E-state index contributed by atoms with van der Waals surface area (Å²) in [6.45, 7) is 7.10. The summed E-state index contributed by atoms with van der Waals surface area (Å²) in [5, 5.41) is 3.57. The summed E-state index contributed by atoms with van der Waals surface area (Å²) in [7, 11) is 1.99. The van der Waals surface area contributed by atoms with Gasteiger partial charge in [-0.3, -0.25) is 0 Å². The van der Waals surface area contributed by atoms with E-state index < -0.39 is 0 Å². The van der Waals surface area contributed by atoms with Crippen molar-refractivity contribution in [1.82, 2.24) is 10.2 Å². The van der Waals surface area contributed by atoms with Crippen LogP contribution in [-0.2, 0) is 0 Å². The van der Waals surface area contributed by atoms with Gasteiger partial charge in [0.2, 0.25) is 0 Å². The SMILES string of the molecule is CC(C)C1CNC(CCN(C)CCF)C1. The lowest BCUT2D eigenvalue weighted by atomic mass is 9.93. The average molecular weight is 216 g/mol. The van der Waals surface area contributed by atoms with Crippen LogP contribution in [0.15, 0.2) is 0 Å². The van der Waals surface area contributed by atoms with Crippen LogP contribution >= 0.6 is 0 Å². The van der Waals surface area contributed by atoms with Crippen molar-refractivity contribution in [1.29, 1.82) is 0 Å². The Labute approximate surface area is 93.2 Å². The molecule has 0 radical (unpaired) electrons. The molecule has 2 unspecified atom stereocenters. The molecule has 1 fully saturated rings.